The molecule has 1 aromatic heterocycles. The van der Waals surface area contributed by atoms with Crippen LogP contribution in [0.15, 0.2) is 36.5 Å². The lowest BCUT2D eigenvalue weighted by Gasteiger charge is -2.13. The fourth-order valence-electron chi connectivity index (χ4n) is 2.38. The van der Waals surface area contributed by atoms with Gasteiger partial charge in [0.25, 0.3) is 0 Å². The molecule has 0 saturated heterocycles. The Kier molecular flexibility index (Phi) is 2.98. The lowest BCUT2D eigenvalue weighted by molar-refractivity contribution is -0.119. The average Bonchev–Trinajstić information content (AvgIpc) is 2.84. The average molecular weight is 271 g/mol. The maximum atomic E-state index is 12.2. The Morgan fingerprint density at radius 2 is 2.15 bits per heavy atom. The normalized spacial score (nSPS) is 18.0. The van der Waals surface area contributed by atoms with E-state index in [2.05, 4.69) is 10.4 Å². The number of carboxylic acids is 1. The van der Waals surface area contributed by atoms with Gasteiger partial charge >= 0.3 is 5.97 Å². The molecule has 102 valence electrons. The number of carbonyl (C=O) groups excluding carboxylic acids is 1. The Bertz CT molecular complexity index is 678. The summed E-state index contributed by atoms with van der Waals surface area (Å²) in [5, 5.41) is 15.7. The molecule has 0 radical (unpaired) electrons. The smallest absolute Gasteiger partial charge is 0.356 e. The minimum Gasteiger partial charge on any atom is -0.476 e. The van der Waals surface area contributed by atoms with Crippen LogP contribution in [0.1, 0.15) is 28.5 Å². The quantitative estimate of drug-likeness (QED) is 0.870. The van der Waals surface area contributed by atoms with E-state index in [1.807, 2.05) is 24.3 Å². The summed E-state index contributed by atoms with van der Waals surface area (Å²) < 4.78 is 1.42. The molecule has 0 bridgehead atoms. The lowest BCUT2D eigenvalue weighted by Crippen LogP contribution is -2.25. The van der Waals surface area contributed by atoms with Crippen molar-refractivity contribution in [3.63, 3.8) is 0 Å². The highest BCUT2D eigenvalue weighted by atomic mass is 16.4. The topological polar surface area (TPSA) is 84.2 Å². The first-order valence-electron chi connectivity index (χ1n) is 6.32. The minimum absolute atomic E-state index is 0.0560. The van der Waals surface area contributed by atoms with E-state index in [9.17, 15) is 9.59 Å². The molecule has 6 heteroatoms. The summed E-state index contributed by atoms with van der Waals surface area (Å²) in [6.07, 6.45) is 2.86. The van der Waals surface area contributed by atoms with Crippen molar-refractivity contribution in [1.82, 2.24) is 9.78 Å². The van der Waals surface area contributed by atoms with E-state index in [1.54, 1.807) is 0 Å². The number of hydrogen-bond donors (Lipinski definition) is 2. The Morgan fingerprint density at radius 1 is 1.35 bits per heavy atom. The van der Waals surface area contributed by atoms with Gasteiger partial charge in [0, 0.05) is 11.9 Å². The van der Waals surface area contributed by atoms with E-state index >= 15 is 0 Å². The molecule has 1 aliphatic heterocycles. The number of carbonyl (C=O) groups is 2. The van der Waals surface area contributed by atoms with Crippen molar-refractivity contribution < 1.29 is 14.7 Å². The second-order valence-corrected chi connectivity index (χ2v) is 4.69. The van der Waals surface area contributed by atoms with E-state index < -0.39 is 12.0 Å². The van der Waals surface area contributed by atoms with Crippen molar-refractivity contribution in [2.75, 3.05) is 5.32 Å². The van der Waals surface area contributed by atoms with Crippen LogP contribution in [0.3, 0.4) is 0 Å². The molecule has 1 aliphatic rings. The number of nitrogens with one attached hydrogen (secondary N) is 1. The summed E-state index contributed by atoms with van der Waals surface area (Å²) in [4.78, 5) is 23.1. The van der Waals surface area contributed by atoms with Gasteiger partial charge in [-0.25, -0.2) is 4.79 Å². The van der Waals surface area contributed by atoms with E-state index in [-0.39, 0.29) is 11.6 Å². The molecule has 1 aromatic carbocycles. The predicted octanol–water partition coefficient (Wildman–Crippen LogP) is 1.71. The third kappa shape index (κ3) is 2.16. The molecule has 20 heavy (non-hydrogen) atoms. The molecule has 0 spiro atoms. The van der Waals surface area contributed by atoms with Gasteiger partial charge in [0.15, 0.2) is 5.69 Å². The van der Waals surface area contributed by atoms with Crippen LogP contribution in [0.2, 0.25) is 0 Å². The summed E-state index contributed by atoms with van der Waals surface area (Å²) in [6.45, 7) is 0. The first kappa shape index (κ1) is 12.4. The van der Waals surface area contributed by atoms with E-state index in [0.717, 1.165) is 17.7 Å². The first-order chi connectivity index (χ1) is 9.65. The Morgan fingerprint density at radius 3 is 2.90 bits per heavy atom. The lowest BCUT2D eigenvalue weighted by atomic mass is 10.1. The maximum Gasteiger partial charge on any atom is 0.356 e. The highest BCUT2D eigenvalue weighted by Crippen LogP contribution is 2.26. The van der Waals surface area contributed by atoms with Gasteiger partial charge in [0.1, 0.15) is 6.04 Å². The van der Waals surface area contributed by atoms with Crippen molar-refractivity contribution in [3.8, 4) is 0 Å². The predicted molar refractivity (Wildman–Crippen MR) is 71.6 cm³/mol. The molecule has 3 rings (SSSR count). The molecule has 2 aromatic rings. The third-order valence-corrected chi connectivity index (χ3v) is 3.41. The SMILES string of the molecule is O=C(O)c1ccn(C2CCc3ccccc3NC2=O)n1. The maximum absolute atomic E-state index is 12.2. The summed E-state index contributed by atoms with van der Waals surface area (Å²) in [5.74, 6) is -1.27. The van der Waals surface area contributed by atoms with Gasteiger partial charge in [0.05, 0.1) is 0 Å². The summed E-state index contributed by atoms with van der Waals surface area (Å²) in [7, 11) is 0. The van der Waals surface area contributed by atoms with Crippen molar-refractivity contribution >= 4 is 17.6 Å². The number of aryl methyl sites for hydroxylation is 1. The van der Waals surface area contributed by atoms with Crippen molar-refractivity contribution in [1.29, 1.82) is 0 Å². The number of hydrogen-bond acceptors (Lipinski definition) is 3. The Balaban J connectivity index is 1.89. The number of fused-ring (bicyclic) bond motifs is 1. The third-order valence-electron chi connectivity index (χ3n) is 3.41. The van der Waals surface area contributed by atoms with Gasteiger partial charge in [-0.2, -0.15) is 5.10 Å². The zero-order valence-electron chi connectivity index (χ0n) is 10.6. The number of amides is 1. The number of para-hydroxylation sites is 1. The number of benzene rings is 1. The second kappa shape index (κ2) is 4.80. The summed E-state index contributed by atoms with van der Waals surface area (Å²) in [5.41, 5.74) is 1.83. The van der Waals surface area contributed by atoms with Crippen molar-refractivity contribution in [2.24, 2.45) is 0 Å². The zero-order valence-corrected chi connectivity index (χ0v) is 10.6. The highest BCUT2D eigenvalue weighted by Gasteiger charge is 2.26. The van der Waals surface area contributed by atoms with Crippen LogP contribution >= 0.6 is 0 Å². The molecular formula is C14H13N3O3. The van der Waals surface area contributed by atoms with Crippen molar-refractivity contribution in [3.05, 3.63) is 47.8 Å². The highest BCUT2D eigenvalue weighted by molar-refractivity contribution is 5.95. The van der Waals surface area contributed by atoms with Gasteiger partial charge < -0.3 is 10.4 Å². The standard InChI is InChI=1S/C14H13N3O3/c18-13-12(17-8-7-11(16-17)14(19)20)6-5-9-3-1-2-4-10(9)15-13/h1-4,7-8,12H,5-6H2,(H,15,18)(H,19,20). The molecule has 1 atom stereocenters. The minimum atomic E-state index is -1.10. The molecule has 0 fully saturated rings. The first-order valence-corrected chi connectivity index (χ1v) is 6.32. The molecule has 0 aliphatic carbocycles. The number of anilines is 1. The molecule has 1 unspecified atom stereocenters. The van der Waals surface area contributed by atoms with Gasteiger partial charge in [-0.1, -0.05) is 18.2 Å². The van der Waals surface area contributed by atoms with Gasteiger partial charge in [-0.15, -0.1) is 0 Å². The van der Waals surface area contributed by atoms with E-state index in [4.69, 9.17) is 5.11 Å². The molecule has 1 amide bonds. The summed E-state index contributed by atoms with van der Waals surface area (Å²) >= 11 is 0. The largest absolute Gasteiger partial charge is 0.476 e. The van der Waals surface area contributed by atoms with E-state index in [0.29, 0.717) is 6.42 Å². The fourth-order valence-corrected chi connectivity index (χ4v) is 2.38. The number of rotatable bonds is 2. The van der Waals surface area contributed by atoms with Crippen LogP contribution in [0.5, 0.6) is 0 Å². The molecule has 6 nitrogen and oxygen atoms in total. The van der Waals surface area contributed by atoms with Crippen LogP contribution in [0.25, 0.3) is 0 Å². The van der Waals surface area contributed by atoms with E-state index in [1.165, 1.54) is 16.9 Å². The van der Waals surface area contributed by atoms with Gasteiger partial charge in [-0.3, -0.25) is 9.48 Å². The van der Waals surface area contributed by atoms with Crippen LogP contribution in [-0.2, 0) is 11.2 Å². The second-order valence-electron chi connectivity index (χ2n) is 4.69. The molecular weight excluding hydrogens is 258 g/mol. The fraction of sp³-hybridized carbons (Fsp3) is 0.214. The number of aromatic carboxylic acids is 1. The van der Waals surface area contributed by atoms with Crippen LogP contribution in [-0.4, -0.2) is 26.8 Å². The van der Waals surface area contributed by atoms with Crippen LogP contribution in [0, 0.1) is 0 Å². The Hall–Kier alpha value is -2.63. The summed E-state index contributed by atoms with van der Waals surface area (Å²) in [6, 6.07) is 8.55. The molecule has 2 heterocycles. The van der Waals surface area contributed by atoms with Crippen LogP contribution < -0.4 is 5.32 Å². The zero-order chi connectivity index (χ0) is 14.1. The number of nitrogens with zero attached hydrogens (tertiary/aromatic N) is 2. The van der Waals surface area contributed by atoms with Gasteiger partial charge in [-0.05, 0) is 30.5 Å². The van der Waals surface area contributed by atoms with Gasteiger partial charge in [0.2, 0.25) is 5.91 Å². The monoisotopic (exact) mass is 271 g/mol. The van der Waals surface area contributed by atoms with Crippen LogP contribution in [0.4, 0.5) is 5.69 Å². The van der Waals surface area contributed by atoms with Crippen molar-refractivity contribution in [2.45, 2.75) is 18.9 Å². The number of carboxylic acid groups (broad SMARTS) is 1. The number of aromatic nitrogens is 2. The molecule has 2 N–H and O–H groups in total. The molecule has 0 saturated carbocycles. The Labute approximate surface area is 115 Å².